The molecule has 23 heavy (non-hydrogen) atoms. The first-order valence-electron chi connectivity index (χ1n) is 7.31. The summed E-state index contributed by atoms with van der Waals surface area (Å²) in [6.45, 7) is 9.04. The molecule has 1 heterocycles. The van der Waals surface area contributed by atoms with Crippen LogP contribution in [-0.2, 0) is 9.53 Å². The summed E-state index contributed by atoms with van der Waals surface area (Å²) in [5.74, 6) is -1.14. The Balaban J connectivity index is 2.04. The first kappa shape index (κ1) is 16.7. The summed E-state index contributed by atoms with van der Waals surface area (Å²) >= 11 is 0. The van der Waals surface area contributed by atoms with Crippen LogP contribution in [0, 0.1) is 27.7 Å². The number of nitrogens with one attached hydrogen (secondary N) is 1. The smallest absolute Gasteiger partial charge is 0.377 e. The zero-order valence-corrected chi connectivity index (χ0v) is 13.9. The van der Waals surface area contributed by atoms with Gasteiger partial charge < -0.3 is 14.6 Å². The van der Waals surface area contributed by atoms with Crippen LogP contribution in [0.25, 0.3) is 0 Å². The highest BCUT2D eigenvalue weighted by molar-refractivity contribution is 5.97. The van der Waals surface area contributed by atoms with E-state index in [1.54, 1.807) is 6.92 Å². The third kappa shape index (κ3) is 3.97. The summed E-state index contributed by atoms with van der Waals surface area (Å²) in [5, 5.41) is 6.42. The molecule has 1 aromatic carbocycles. The summed E-state index contributed by atoms with van der Waals surface area (Å²) in [6, 6.07) is 5.42. The predicted molar refractivity (Wildman–Crippen MR) is 85.4 cm³/mol. The van der Waals surface area contributed by atoms with Gasteiger partial charge in [0, 0.05) is 11.8 Å². The van der Waals surface area contributed by atoms with Crippen LogP contribution in [0.5, 0.6) is 0 Å². The lowest BCUT2D eigenvalue weighted by Crippen LogP contribution is -2.30. The van der Waals surface area contributed by atoms with Gasteiger partial charge in [0.15, 0.2) is 6.10 Å². The minimum absolute atomic E-state index is 0.0233. The first-order chi connectivity index (χ1) is 10.8. The van der Waals surface area contributed by atoms with Crippen molar-refractivity contribution in [2.45, 2.75) is 40.7 Å². The average molecular weight is 316 g/mol. The van der Waals surface area contributed by atoms with Crippen LogP contribution in [-0.4, -0.2) is 23.1 Å². The van der Waals surface area contributed by atoms with E-state index in [1.165, 1.54) is 13.0 Å². The number of hydrogen-bond donors (Lipinski definition) is 1. The third-order valence-corrected chi connectivity index (χ3v) is 3.41. The molecular formula is C17H20N2O4. The molecule has 122 valence electrons. The summed E-state index contributed by atoms with van der Waals surface area (Å²) in [7, 11) is 0. The van der Waals surface area contributed by atoms with Crippen LogP contribution in [0.4, 0.5) is 5.69 Å². The number of hydrogen-bond acceptors (Lipinski definition) is 5. The van der Waals surface area contributed by atoms with E-state index in [4.69, 9.17) is 9.26 Å². The van der Waals surface area contributed by atoms with Gasteiger partial charge in [-0.25, -0.2) is 4.79 Å². The van der Waals surface area contributed by atoms with Crippen molar-refractivity contribution in [1.82, 2.24) is 5.16 Å². The Kier molecular flexibility index (Phi) is 4.83. The first-order valence-corrected chi connectivity index (χ1v) is 7.31. The minimum Gasteiger partial charge on any atom is -0.447 e. The van der Waals surface area contributed by atoms with Gasteiger partial charge in [-0.3, -0.25) is 4.79 Å². The number of rotatable bonds is 4. The van der Waals surface area contributed by atoms with Gasteiger partial charge in [0.05, 0.1) is 5.69 Å². The Bertz CT molecular complexity index is 726. The number of amides is 1. The van der Waals surface area contributed by atoms with Crippen molar-refractivity contribution in [3.05, 3.63) is 46.3 Å². The van der Waals surface area contributed by atoms with Crippen molar-refractivity contribution in [2.75, 3.05) is 5.32 Å². The normalized spacial score (nSPS) is 11.9. The molecule has 6 heteroatoms. The molecule has 0 saturated carbocycles. The fourth-order valence-corrected chi connectivity index (χ4v) is 2.33. The quantitative estimate of drug-likeness (QED) is 0.877. The van der Waals surface area contributed by atoms with Gasteiger partial charge in [0.2, 0.25) is 5.76 Å². The molecule has 2 rings (SSSR count). The van der Waals surface area contributed by atoms with E-state index in [0.717, 1.165) is 22.4 Å². The lowest BCUT2D eigenvalue weighted by Gasteiger charge is -2.16. The summed E-state index contributed by atoms with van der Waals surface area (Å²) in [4.78, 5) is 24.1. The number of carbonyl (C=O) groups excluding carboxylic acids is 2. The number of ether oxygens (including phenoxy) is 1. The van der Waals surface area contributed by atoms with Crippen molar-refractivity contribution in [3.63, 3.8) is 0 Å². The summed E-state index contributed by atoms with van der Waals surface area (Å²) in [5.41, 5.74) is 4.35. The number of carbonyl (C=O) groups is 2. The van der Waals surface area contributed by atoms with E-state index in [0.29, 0.717) is 5.69 Å². The Labute approximate surface area is 134 Å². The molecule has 1 amide bonds. The van der Waals surface area contributed by atoms with E-state index in [-0.39, 0.29) is 5.76 Å². The molecule has 0 spiro atoms. The standard InChI is InChI=1S/C17H20N2O4/c1-9-6-10(2)15(11(3)7-9)18-16(20)13(5)22-17(21)14-8-12(4)19-23-14/h6-8,13H,1-5H3,(H,18,20)/t13-/m1/s1. The maximum absolute atomic E-state index is 12.2. The molecule has 0 radical (unpaired) electrons. The van der Waals surface area contributed by atoms with Gasteiger partial charge >= 0.3 is 5.97 Å². The average Bonchev–Trinajstić information content (AvgIpc) is 2.89. The molecule has 0 aliphatic carbocycles. The predicted octanol–water partition coefficient (Wildman–Crippen LogP) is 3.09. The second-order valence-corrected chi connectivity index (χ2v) is 5.64. The molecule has 1 atom stereocenters. The summed E-state index contributed by atoms with van der Waals surface area (Å²) in [6.07, 6.45) is -0.951. The Hall–Kier alpha value is -2.63. The second-order valence-electron chi connectivity index (χ2n) is 5.64. The maximum Gasteiger partial charge on any atom is 0.377 e. The number of anilines is 1. The molecule has 1 aromatic heterocycles. The molecule has 0 unspecified atom stereocenters. The maximum atomic E-state index is 12.2. The van der Waals surface area contributed by atoms with Crippen molar-refractivity contribution >= 4 is 17.6 Å². The van der Waals surface area contributed by atoms with Gasteiger partial charge in [-0.05, 0) is 45.7 Å². The SMILES string of the molecule is Cc1cc(C)c(NC(=O)[C@@H](C)OC(=O)c2cc(C)no2)c(C)c1. The van der Waals surface area contributed by atoms with Crippen molar-refractivity contribution in [3.8, 4) is 0 Å². The van der Waals surface area contributed by atoms with E-state index < -0.39 is 18.0 Å². The van der Waals surface area contributed by atoms with Gasteiger partial charge in [0.25, 0.3) is 5.91 Å². The van der Waals surface area contributed by atoms with Crippen molar-refractivity contribution in [1.29, 1.82) is 0 Å². The van der Waals surface area contributed by atoms with Gasteiger partial charge in [-0.2, -0.15) is 0 Å². The van der Waals surface area contributed by atoms with Crippen LogP contribution in [0.1, 0.15) is 39.9 Å². The van der Waals surface area contributed by atoms with Crippen molar-refractivity contribution < 1.29 is 18.8 Å². The number of esters is 1. The van der Waals surface area contributed by atoms with Gasteiger partial charge in [0.1, 0.15) is 0 Å². The highest BCUT2D eigenvalue weighted by Gasteiger charge is 2.22. The number of benzene rings is 1. The highest BCUT2D eigenvalue weighted by Crippen LogP contribution is 2.22. The lowest BCUT2D eigenvalue weighted by molar-refractivity contribution is -0.123. The van der Waals surface area contributed by atoms with Crippen LogP contribution >= 0.6 is 0 Å². The number of aryl methyl sites for hydroxylation is 4. The second kappa shape index (κ2) is 6.64. The number of aromatic nitrogens is 1. The Morgan fingerprint density at radius 2 is 1.74 bits per heavy atom. The molecule has 0 aliphatic rings. The van der Waals surface area contributed by atoms with Crippen molar-refractivity contribution in [2.24, 2.45) is 0 Å². The minimum atomic E-state index is -0.951. The topological polar surface area (TPSA) is 81.4 Å². The number of nitrogens with zero attached hydrogens (tertiary/aromatic N) is 1. The molecule has 2 aromatic rings. The van der Waals surface area contributed by atoms with E-state index >= 15 is 0 Å². The molecule has 0 fully saturated rings. The molecule has 6 nitrogen and oxygen atoms in total. The molecule has 0 aliphatic heterocycles. The van der Waals surface area contributed by atoms with Crippen LogP contribution in [0.2, 0.25) is 0 Å². The molecule has 0 bridgehead atoms. The van der Waals surface area contributed by atoms with Gasteiger partial charge in [-0.1, -0.05) is 22.9 Å². The van der Waals surface area contributed by atoms with E-state index in [1.807, 2.05) is 32.9 Å². The molecule has 1 N–H and O–H groups in total. The van der Waals surface area contributed by atoms with Crippen LogP contribution < -0.4 is 5.32 Å². The highest BCUT2D eigenvalue weighted by atomic mass is 16.6. The zero-order valence-electron chi connectivity index (χ0n) is 13.9. The van der Waals surface area contributed by atoms with Gasteiger partial charge in [-0.15, -0.1) is 0 Å². The monoisotopic (exact) mass is 316 g/mol. The Morgan fingerprint density at radius 1 is 1.13 bits per heavy atom. The Morgan fingerprint density at radius 3 is 2.26 bits per heavy atom. The third-order valence-electron chi connectivity index (χ3n) is 3.41. The fraction of sp³-hybridized carbons (Fsp3) is 0.353. The van der Waals surface area contributed by atoms with Crippen LogP contribution in [0.3, 0.4) is 0 Å². The molecular weight excluding hydrogens is 296 g/mol. The largest absolute Gasteiger partial charge is 0.447 e. The zero-order chi connectivity index (χ0) is 17.1. The van der Waals surface area contributed by atoms with Crippen LogP contribution in [0.15, 0.2) is 22.7 Å². The molecule has 0 saturated heterocycles. The van der Waals surface area contributed by atoms with E-state index in [2.05, 4.69) is 10.5 Å². The fourth-order valence-electron chi connectivity index (χ4n) is 2.33. The summed E-state index contributed by atoms with van der Waals surface area (Å²) < 4.78 is 9.92. The van der Waals surface area contributed by atoms with E-state index in [9.17, 15) is 9.59 Å². The lowest BCUT2D eigenvalue weighted by atomic mass is 10.0.